The molecule has 2 rings (SSSR count). The van der Waals surface area contributed by atoms with Gasteiger partial charge in [0.05, 0.1) is 0 Å². The molecule has 18 heavy (non-hydrogen) atoms. The summed E-state index contributed by atoms with van der Waals surface area (Å²) in [6.07, 6.45) is 3.48. The summed E-state index contributed by atoms with van der Waals surface area (Å²) in [6.45, 7) is 8.48. The van der Waals surface area contributed by atoms with Crippen LogP contribution in [0.4, 0.5) is 10.4 Å². The van der Waals surface area contributed by atoms with Crippen LogP contribution < -0.4 is 11.1 Å². The van der Waals surface area contributed by atoms with E-state index in [2.05, 4.69) is 44.3 Å². The quantitative estimate of drug-likeness (QED) is 0.868. The van der Waals surface area contributed by atoms with Crippen molar-refractivity contribution < 1.29 is 4.70 Å². The van der Waals surface area contributed by atoms with Crippen LogP contribution in [0.3, 0.4) is 0 Å². The number of hydrogen-bond acceptors (Lipinski definition) is 2. The monoisotopic (exact) mass is 254 g/mol. The summed E-state index contributed by atoms with van der Waals surface area (Å²) >= 11 is 0. The average Bonchev–Trinajstić information content (AvgIpc) is 2.76. The highest BCUT2D eigenvalue weighted by atomic mass is 19.0. The van der Waals surface area contributed by atoms with Gasteiger partial charge in [-0.2, -0.15) is 0 Å². The molecule has 3 heteroatoms. The van der Waals surface area contributed by atoms with E-state index in [1.165, 1.54) is 23.2 Å². The molecule has 0 radical (unpaired) electrons. The van der Waals surface area contributed by atoms with Gasteiger partial charge in [-0.15, -0.1) is 0 Å². The van der Waals surface area contributed by atoms with Crippen LogP contribution in [0.2, 0.25) is 0 Å². The molecule has 0 aliphatic carbocycles. The summed E-state index contributed by atoms with van der Waals surface area (Å²) < 4.78 is 0. The first-order valence-corrected chi connectivity index (χ1v) is 6.73. The molecule has 1 aromatic carbocycles. The summed E-state index contributed by atoms with van der Waals surface area (Å²) in [5.74, 6) is 0.773. The zero-order valence-electron chi connectivity index (χ0n) is 11.8. The minimum atomic E-state index is 0. The van der Waals surface area contributed by atoms with E-state index in [4.69, 9.17) is 5.73 Å². The maximum atomic E-state index is 5.23. The highest BCUT2D eigenvalue weighted by Gasteiger charge is 2.08. The SMILES string of the molecule is CC(C)CCN.CCc1ccc2c(c1)NCC2.F. The lowest BCUT2D eigenvalue weighted by molar-refractivity contribution is 0.596. The van der Waals surface area contributed by atoms with Crippen molar-refractivity contribution in [1.29, 1.82) is 0 Å². The molecule has 0 spiro atoms. The minimum absolute atomic E-state index is 0. The van der Waals surface area contributed by atoms with Gasteiger partial charge in [0.15, 0.2) is 0 Å². The van der Waals surface area contributed by atoms with E-state index >= 15 is 0 Å². The Hall–Kier alpha value is -1.09. The topological polar surface area (TPSA) is 38.0 Å². The van der Waals surface area contributed by atoms with Gasteiger partial charge in [-0.3, -0.25) is 4.70 Å². The standard InChI is InChI=1S/C10H13N.C5H13N.FH/c1-2-8-3-4-9-5-6-11-10(9)7-8;1-5(2)3-4-6;/h3-4,7,11H,2,5-6H2,1H3;5H,3-4,6H2,1-2H3;1H. The highest BCUT2D eigenvalue weighted by molar-refractivity contribution is 5.56. The number of nitrogens with two attached hydrogens (primary N) is 1. The third-order valence-corrected chi connectivity index (χ3v) is 3.04. The lowest BCUT2D eigenvalue weighted by Gasteiger charge is -2.01. The zero-order chi connectivity index (χ0) is 12.7. The Labute approximate surface area is 110 Å². The summed E-state index contributed by atoms with van der Waals surface area (Å²) in [5, 5.41) is 3.37. The van der Waals surface area contributed by atoms with Crippen molar-refractivity contribution in [1.82, 2.24) is 0 Å². The van der Waals surface area contributed by atoms with Gasteiger partial charge < -0.3 is 11.1 Å². The molecule has 0 aromatic heterocycles. The first-order valence-electron chi connectivity index (χ1n) is 6.73. The van der Waals surface area contributed by atoms with E-state index < -0.39 is 0 Å². The molecule has 0 fully saturated rings. The van der Waals surface area contributed by atoms with Crippen LogP contribution in [-0.4, -0.2) is 13.1 Å². The van der Waals surface area contributed by atoms with Crippen LogP contribution in [0.1, 0.15) is 38.3 Å². The summed E-state index contributed by atoms with van der Waals surface area (Å²) in [6, 6.07) is 6.74. The number of aryl methyl sites for hydroxylation is 1. The lowest BCUT2D eigenvalue weighted by Crippen LogP contribution is -2.01. The van der Waals surface area contributed by atoms with Crippen molar-refractivity contribution in [2.24, 2.45) is 11.7 Å². The molecule has 0 saturated carbocycles. The van der Waals surface area contributed by atoms with Crippen molar-refractivity contribution in [2.45, 2.75) is 40.0 Å². The Morgan fingerprint density at radius 3 is 2.56 bits per heavy atom. The summed E-state index contributed by atoms with van der Waals surface area (Å²) in [5.41, 5.74) is 9.48. The third-order valence-electron chi connectivity index (χ3n) is 3.04. The molecule has 0 amide bonds. The van der Waals surface area contributed by atoms with Crippen molar-refractivity contribution in [3.05, 3.63) is 29.3 Å². The molecule has 0 saturated heterocycles. The van der Waals surface area contributed by atoms with Gasteiger partial charge in [-0.05, 0) is 48.9 Å². The maximum absolute atomic E-state index is 5.23. The number of nitrogens with one attached hydrogen (secondary N) is 1. The number of rotatable bonds is 3. The van der Waals surface area contributed by atoms with Crippen LogP contribution in [0.25, 0.3) is 0 Å². The first kappa shape index (κ1) is 16.9. The number of fused-ring (bicyclic) bond motifs is 1. The van der Waals surface area contributed by atoms with E-state index in [-0.39, 0.29) is 4.70 Å². The van der Waals surface area contributed by atoms with Crippen LogP contribution in [0, 0.1) is 5.92 Å². The Morgan fingerprint density at radius 1 is 1.33 bits per heavy atom. The van der Waals surface area contributed by atoms with E-state index in [0.29, 0.717) is 0 Å². The van der Waals surface area contributed by atoms with Gasteiger partial charge >= 0.3 is 0 Å². The van der Waals surface area contributed by atoms with E-state index in [9.17, 15) is 0 Å². The number of anilines is 1. The molecule has 1 aliphatic rings. The molecule has 1 aromatic rings. The molecule has 104 valence electrons. The molecule has 2 nitrogen and oxygen atoms in total. The normalized spacial score (nSPS) is 12.1. The van der Waals surface area contributed by atoms with Crippen LogP contribution in [0.15, 0.2) is 18.2 Å². The molecule has 0 atom stereocenters. The number of hydrogen-bond donors (Lipinski definition) is 2. The second-order valence-electron chi connectivity index (χ2n) is 4.99. The van der Waals surface area contributed by atoms with E-state index in [1.54, 1.807) is 0 Å². The first-order chi connectivity index (χ1) is 8.17. The van der Waals surface area contributed by atoms with Gasteiger partial charge in [0.1, 0.15) is 0 Å². The molecule has 0 unspecified atom stereocenters. The fourth-order valence-corrected chi connectivity index (χ4v) is 1.89. The van der Waals surface area contributed by atoms with Crippen LogP contribution in [0.5, 0.6) is 0 Å². The Kier molecular flexibility index (Phi) is 8.38. The zero-order valence-corrected chi connectivity index (χ0v) is 11.8. The molecule has 1 aliphatic heterocycles. The largest absolute Gasteiger partial charge is 0.384 e. The van der Waals surface area contributed by atoms with Gasteiger partial charge in [0, 0.05) is 12.2 Å². The molecule has 3 N–H and O–H groups in total. The Bertz CT molecular complexity index is 337. The smallest absolute Gasteiger partial charge is 0.0376 e. The fourth-order valence-electron chi connectivity index (χ4n) is 1.89. The Balaban J connectivity index is 0.000000362. The van der Waals surface area contributed by atoms with Crippen molar-refractivity contribution in [3.63, 3.8) is 0 Å². The lowest BCUT2D eigenvalue weighted by atomic mass is 10.1. The predicted octanol–water partition coefficient (Wildman–Crippen LogP) is 3.36. The minimum Gasteiger partial charge on any atom is -0.384 e. The maximum Gasteiger partial charge on any atom is 0.0376 e. The van der Waals surface area contributed by atoms with Crippen molar-refractivity contribution in [3.8, 4) is 0 Å². The highest BCUT2D eigenvalue weighted by Crippen LogP contribution is 2.23. The second-order valence-corrected chi connectivity index (χ2v) is 4.99. The van der Waals surface area contributed by atoms with Crippen LogP contribution >= 0.6 is 0 Å². The number of benzene rings is 1. The molecular formula is C15H27FN2. The number of halogens is 1. The molecule has 1 heterocycles. The second kappa shape index (κ2) is 8.92. The predicted molar refractivity (Wildman–Crippen MR) is 79.0 cm³/mol. The van der Waals surface area contributed by atoms with Gasteiger partial charge in [-0.1, -0.05) is 32.9 Å². The third kappa shape index (κ3) is 5.50. The van der Waals surface area contributed by atoms with Crippen LogP contribution in [-0.2, 0) is 12.8 Å². The van der Waals surface area contributed by atoms with E-state index in [0.717, 1.165) is 31.8 Å². The Morgan fingerprint density at radius 2 is 2.06 bits per heavy atom. The van der Waals surface area contributed by atoms with Gasteiger partial charge in [-0.25, -0.2) is 0 Å². The summed E-state index contributed by atoms with van der Waals surface area (Å²) in [7, 11) is 0. The average molecular weight is 254 g/mol. The van der Waals surface area contributed by atoms with Crippen molar-refractivity contribution >= 4 is 5.69 Å². The molecular weight excluding hydrogens is 227 g/mol. The van der Waals surface area contributed by atoms with Gasteiger partial charge in [0.2, 0.25) is 0 Å². The van der Waals surface area contributed by atoms with E-state index in [1.807, 2.05) is 0 Å². The fraction of sp³-hybridized carbons (Fsp3) is 0.600. The molecule has 0 bridgehead atoms. The van der Waals surface area contributed by atoms with Crippen molar-refractivity contribution in [2.75, 3.05) is 18.4 Å². The van der Waals surface area contributed by atoms with Gasteiger partial charge in [0.25, 0.3) is 0 Å². The summed E-state index contributed by atoms with van der Waals surface area (Å²) in [4.78, 5) is 0.